The lowest BCUT2D eigenvalue weighted by molar-refractivity contribution is 0.647. The van der Waals surface area contributed by atoms with Crippen LogP contribution in [0.15, 0.2) is 30.5 Å². The summed E-state index contributed by atoms with van der Waals surface area (Å²) < 4.78 is 0. The summed E-state index contributed by atoms with van der Waals surface area (Å²) >= 11 is 0. The van der Waals surface area contributed by atoms with E-state index < -0.39 is 0 Å². The van der Waals surface area contributed by atoms with Crippen LogP contribution in [0.3, 0.4) is 0 Å². The molecule has 0 heterocycles. The third-order valence-electron chi connectivity index (χ3n) is 2.17. The highest BCUT2D eigenvalue weighted by Gasteiger charge is 2.01. The second kappa shape index (κ2) is 5.44. The van der Waals surface area contributed by atoms with Crippen molar-refractivity contribution in [2.24, 2.45) is 5.92 Å². The average Bonchev–Trinajstić information content (AvgIpc) is 2.18. The van der Waals surface area contributed by atoms with Crippen molar-refractivity contribution in [2.75, 3.05) is 11.1 Å². The first-order valence-electron chi connectivity index (χ1n) is 5.39. The molecule has 1 rings (SSSR count). The van der Waals surface area contributed by atoms with Gasteiger partial charge in [-0.3, -0.25) is 0 Å². The van der Waals surface area contributed by atoms with Crippen molar-refractivity contribution < 1.29 is 0 Å². The van der Waals surface area contributed by atoms with Crippen LogP contribution in [-0.2, 0) is 6.42 Å². The molecule has 0 saturated carbocycles. The van der Waals surface area contributed by atoms with E-state index in [4.69, 9.17) is 5.73 Å². The quantitative estimate of drug-likeness (QED) is 0.737. The fourth-order valence-electron chi connectivity index (χ4n) is 1.50. The van der Waals surface area contributed by atoms with Crippen LogP contribution in [0.2, 0.25) is 0 Å². The molecule has 0 fully saturated rings. The van der Waals surface area contributed by atoms with Crippen LogP contribution < -0.4 is 11.1 Å². The van der Waals surface area contributed by atoms with E-state index in [0.29, 0.717) is 5.92 Å². The minimum atomic E-state index is 0.670. The van der Waals surface area contributed by atoms with Gasteiger partial charge in [-0.25, -0.2) is 0 Å². The molecule has 15 heavy (non-hydrogen) atoms. The average molecular weight is 204 g/mol. The molecule has 3 N–H and O–H groups in total. The van der Waals surface area contributed by atoms with Crippen LogP contribution in [0.1, 0.15) is 26.3 Å². The number of anilines is 2. The van der Waals surface area contributed by atoms with E-state index >= 15 is 0 Å². The molecule has 1 aromatic carbocycles. The second-order valence-electron chi connectivity index (χ2n) is 4.16. The second-order valence-corrected chi connectivity index (χ2v) is 4.16. The van der Waals surface area contributed by atoms with Gasteiger partial charge in [-0.2, -0.15) is 0 Å². The molecule has 0 spiro atoms. The summed E-state index contributed by atoms with van der Waals surface area (Å²) in [6.07, 6.45) is 4.93. The van der Waals surface area contributed by atoms with E-state index in [1.54, 1.807) is 0 Å². The number of allylic oxidation sites excluding steroid dienone is 1. The number of nitrogens with two attached hydrogens (primary N) is 1. The van der Waals surface area contributed by atoms with E-state index in [2.05, 4.69) is 31.3 Å². The number of nitrogen functional groups attached to an aromatic ring is 1. The Morgan fingerprint density at radius 3 is 2.73 bits per heavy atom. The van der Waals surface area contributed by atoms with Crippen molar-refractivity contribution >= 4 is 11.4 Å². The smallest absolute Gasteiger partial charge is 0.0616 e. The summed E-state index contributed by atoms with van der Waals surface area (Å²) in [6.45, 7) is 6.41. The van der Waals surface area contributed by atoms with Crippen molar-refractivity contribution in [2.45, 2.75) is 27.2 Å². The van der Waals surface area contributed by atoms with Crippen molar-refractivity contribution in [1.29, 1.82) is 0 Å². The van der Waals surface area contributed by atoms with Gasteiger partial charge in [-0.15, -0.1) is 0 Å². The molecule has 0 bridgehead atoms. The lowest BCUT2D eigenvalue weighted by Gasteiger charge is -2.10. The van der Waals surface area contributed by atoms with Crippen LogP contribution in [0.5, 0.6) is 0 Å². The number of benzene rings is 1. The Hall–Kier alpha value is -1.44. The van der Waals surface area contributed by atoms with Gasteiger partial charge in [0, 0.05) is 0 Å². The van der Waals surface area contributed by atoms with Crippen LogP contribution >= 0.6 is 0 Å². The predicted octanol–water partition coefficient (Wildman–Crippen LogP) is 3.41. The maximum absolute atomic E-state index is 5.86. The van der Waals surface area contributed by atoms with Crippen molar-refractivity contribution in [3.05, 3.63) is 36.0 Å². The Morgan fingerprint density at radius 1 is 1.40 bits per heavy atom. The fraction of sp³-hybridized carbons (Fsp3) is 0.385. The van der Waals surface area contributed by atoms with E-state index in [1.807, 2.05) is 25.3 Å². The Balaban J connectivity index is 2.84. The standard InChI is InChI=1S/C13H20N2/c1-4-7-15-13-9-11(8-10(2)3)5-6-12(13)14/h4-7,9-10,15H,8,14H2,1-3H3/b7-4+. The molecule has 1 aromatic rings. The van der Waals surface area contributed by atoms with Crippen LogP contribution in [-0.4, -0.2) is 0 Å². The van der Waals surface area contributed by atoms with Crippen molar-refractivity contribution in [1.82, 2.24) is 0 Å². The molecule has 0 aromatic heterocycles. The number of rotatable bonds is 4. The van der Waals surface area contributed by atoms with Crippen LogP contribution in [0, 0.1) is 5.92 Å². The highest BCUT2D eigenvalue weighted by molar-refractivity contribution is 5.68. The fourth-order valence-corrected chi connectivity index (χ4v) is 1.50. The molecule has 0 aliphatic carbocycles. The van der Waals surface area contributed by atoms with Gasteiger partial charge in [0.05, 0.1) is 11.4 Å². The van der Waals surface area contributed by atoms with Gasteiger partial charge in [0.1, 0.15) is 0 Å². The molecule has 0 aliphatic rings. The molecule has 0 amide bonds. The third-order valence-corrected chi connectivity index (χ3v) is 2.17. The molecular weight excluding hydrogens is 184 g/mol. The molecule has 2 nitrogen and oxygen atoms in total. The minimum Gasteiger partial charge on any atom is -0.397 e. The molecule has 0 radical (unpaired) electrons. The lowest BCUT2D eigenvalue weighted by Crippen LogP contribution is -1.99. The van der Waals surface area contributed by atoms with E-state index in [1.165, 1.54) is 5.56 Å². The van der Waals surface area contributed by atoms with Gasteiger partial charge in [0.2, 0.25) is 0 Å². The highest BCUT2D eigenvalue weighted by atomic mass is 14.9. The van der Waals surface area contributed by atoms with Gasteiger partial charge in [-0.1, -0.05) is 26.0 Å². The Kier molecular flexibility index (Phi) is 4.22. The molecule has 2 heteroatoms. The monoisotopic (exact) mass is 204 g/mol. The Bertz CT molecular complexity index is 340. The SMILES string of the molecule is C/C=C/Nc1cc(CC(C)C)ccc1N. The lowest BCUT2D eigenvalue weighted by atomic mass is 10.0. The summed E-state index contributed by atoms with van der Waals surface area (Å²) in [4.78, 5) is 0. The van der Waals surface area contributed by atoms with Crippen molar-refractivity contribution in [3.8, 4) is 0 Å². The van der Waals surface area contributed by atoms with Crippen molar-refractivity contribution in [3.63, 3.8) is 0 Å². The maximum atomic E-state index is 5.86. The number of nitrogens with one attached hydrogen (secondary N) is 1. The first-order chi connectivity index (χ1) is 7.13. The Morgan fingerprint density at radius 2 is 2.13 bits per heavy atom. The molecular formula is C13H20N2. The van der Waals surface area contributed by atoms with Gasteiger partial charge < -0.3 is 11.1 Å². The maximum Gasteiger partial charge on any atom is 0.0616 e. The first kappa shape index (κ1) is 11.6. The van der Waals surface area contributed by atoms with Crippen LogP contribution in [0.25, 0.3) is 0 Å². The number of hydrogen-bond acceptors (Lipinski definition) is 2. The minimum absolute atomic E-state index is 0.670. The summed E-state index contributed by atoms with van der Waals surface area (Å²) in [5.41, 5.74) is 8.97. The molecule has 0 saturated heterocycles. The van der Waals surface area contributed by atoms with Gasteiger partial charge in [-0.05, 0) is 43.2 Å². The van der Waals surface area contributed by atoms with E-state index in [0.717, 1.165) is 17.8 Å². The van der Waals surface area contributed by atoms with Gasteiger partial charge in [0.25, 0.3) is 0 Å². The largest absolute Gasteiger partial charge is 0.397 e. The summed E-state index contributed by atoms with van der Waals surface area (Å²) in [7, 11) is 0. The predicted molar refractivity (Wildman–Crippen MR) is 67.8 cm³/mol. The summed E-state index contributed by atoms with van der Waals surface area (Å²) in [6, 6.07) is 6.18. The third kappa shape index (κ3) is 3.66. The normalized spacial score (nSPS) is 11.2. The zero-order valence-electron chi connectivity index (χ0n) is 9.75. The highest BCUT2D eigenvalue weighted by Crippen LogP contribution is 2.21. The van der Waals surface area contributed by atoms with Gasteiger partial charge >= 0.3 is 0 Å². The molecule has 0 aliphatic heterocycles. The number of hydrogen-bond donors (Lipinski definition) is 2. The summed E-state index contributed by atoms with van der Waals surface area (Å²) in [5.74, 6) is 0.670. The molecule has 0 atom stereocenters. The molecule has 0 unspecified atom stereocenters. The zero-order valence-corrected chi connectivity index (χ0v) is 9.75. The Labute approximate surface area is 92.2 Å². The zero-order chi connectivity index (χ0) is 11.3. The van der Waals surface area contributed by atoms with E-state index in [9.17, 15) is 0 Å². The summed E-state index contributed by atoms with van der Waals surface area (Å²) in [5, 5.41) is 3.17. The van der Waals surface area contributed by atoms with Gasteiger partial charge in [0.15, 0.2) is 0 Å². The first-order valence-corrected chi connectivity index (χ1v) is 5.39. The molecule has 82 valence electrons. The topological polar surface area (TPSA) is 38.0 Å². The van der Waals surface area contributed by atoms with Crippen LogP contribution in [0.4, 0.5) is 11.4 Å². The van der Waals surface area contributed by atoms with E-state index in [-0.39, 0.29) is 0 Å².